The molecule has 0 fully saturated rings. The molecule has 0 saturated heterocycles. The second-order valence-corrected chi connectivity index (χ2v) is 10.9. The molecule has 2 N–H and O–H groups in total. The third-order valence-corrected chi connectivity index (χ3v) is 6.83. The summed E-state index contributed by atoms with van der Waals surface area (Å²) in [6, 6.07) is 13.5. The average Bonchev–Trinajstić information content (AvgIpc) is 2.72. The molecule has 0 aromatic heterocycles. The highest BCUT2D eigenvalue weighted by Crippen LogP contribution is 2.33. The number of hydrogen-bond acceptors (Lipinski definition) is 3. The van der Waals surface area contributed by atoms with E-state index >= 15 is 0 Å². The van der Waals surface area contributed by atoms with Crippen LogP contribution in [0.25, 0.3) is 0 Å². The summed E-state index contributed by atoms with van der Waals surface area (Å²) in [4.78, 5) is 0. The lowest BCUT2D eigenvalue weighted by Crippen LogP contribution is -2.13. The Morgan fingerprint density at radius 3 is 1.10 bits per heavy atom. The van der Waals surface area contributed by atoms with Crippen LogP contribution in [-0.4, -0.2) is 24.6 Å². The Balaban J connectivity index is 1.87. The molecular formula is C28H44N2S. The van der Waals surface area contributed by atoms with Crippen molar-refractivity contribution in [2.75, 3.05) is 35.2 Å². The van der Waals surface area contributed by atoms with Crippen molar-refractivity contribution >= 4 is 23.1 Å². The molecule has 0 radical (unpaired) electrons. The fourth-order valence-electron chi connectivity index (χ4n) is 4.11. The summed E-state index contributed by atoms with van der Waals surface area (Å²) in [6.07, 6.45) is 0. The van der Waals surface area contributed by atoms with E-state index < -0.39 is 0 Å². The molecule has 2 aromatic carbocycles. The van der Waals surface area contributed by atoms with Crippen molar-refractivity contribution in [1.82, 2.24) is 0 Å². The van der Waals surface area contributed by atoms with Crippen molar-refractivity contribution in [2.24, 2.45) is 0 Å². The zero-order chi connectivity index (χ0) is 23.0. The zero-order valence-corrected chi connectivity index (χ0v) is 21.8. The first-order valence-corrected chi connectivity index (χ1v) is 13.2. The maximum Gasteiger partial charge on any atom is 0.0410 e. The molecule has 0 aliphatic rings. The van der Waals surface area contributed by atoms with E-state index in [-0.39, 0.29) is 0 Å². The van der Waals surface area contributed by atoms with Crippen LogP contribution in [-0.2, 0) is 0 Å². The van der Waals surface area contributed by atoms with Crippen molar-refractivity contribution in [3.63, 3.8) is 0 Å². The summed E-state index contributed by atoms with van der Waals surface area (Å²) in [5.41, 5.74) is 8.46. The normalized spacial score (nSPS) is 11.7. The van der Waals surface area contributed by atoms with E-state index in [4.69, 9.17) is 0 Å². The number of anilines is 2. The van der Waals surface area contributed by atoms with Gasteiger partial charge < -0.3 is 10.6 Å². The van der Waals surface area contributed by atoms with Crippen LogP contribution in [0.1, 0.15) is 101 Å². The third-order valence-electron chi connectivity index (χ3n) is 5.84. The van der Waals surface area contributed by atoms with Gasteiger partial charge in [0.25, 0.3) is 0 Å². The maximum atomic E-state index is 3.76. The quantitative estimate of drug-likeness (QED) is 0.324. The Morgan fingerprint density at radius 2 is 0.839 bits per heavy atom. The lowest BCUT2D eigenvalue weighted by Gasteiger charge is -2.21. The molecule has 0 heterocycles. The summed E-state index contributed by atoms with van der Waals surface area (Å²) in [6.45, 7) is 20.3. The summed E-state index contributed by atoms with van der Waals surface area (Å²) in [5.74, 6) is 4.38. The minimum absolute atomic E-state index is 0.536. The van der Waals surface area contributed by atoms with Crippen LogP contribution in [0.5, 0.6) is 0 Å². The highest BCUT2D eigenvalue weighted by molar-refractivity contribution is 7.99. The second kappa shape index (κ2) is 12.4. The predicted octanol–water partition coefficient (Wildman–Crippen LogP) is 8.44. The fourth-order valence-corrected chi connectivity index (χ4v) is 4.81. The van der Waals surface area contributed by atoms with Crippen molar-refractivity contribution in [3.8, 4) is 0 Å². The minimum Gasteiger partial charge on any atom is -0.384 e. The van der Waals surface area contributed by atoms with Crippen LogP contribution in [0.2, 0.25) is 0 Å². The lowest BCUT2D eigenvalue weighted by atomic mass is 9.93. The van der Waals surface area contributed by atoms with Crippen LogP contribution < -0.4 is 10.6 Å². The Morgan fingerprint density at radius 1 is 0.548 bits per heavy atom. The number of thioether (sulfide) groups is 1. The van der Waals surface area contributed by atoms with Gasteiger partial charge >= 0.3 is 0 Å². The van der Waals surface area contributed by atoms with Crippen LogP contribution in [0.15, 0.2) is 36.4 Å². The van der Waals surface area contributed by atoms with E-state index in [1.807, 2.05) is 11.8 Å². The molecule has 3 heteroatoms. The second-order valence-electron chi connectivity index (χ2n) is 9.71. The van der Waals surface area contributed by atoms with Gasteiger partial charge in [-0.25, -0.2) is 0 Å². The average molecular weight is 441 g/mol. The highest BCUT2D eigenvalue weighted by Gasteiger charge is 2.14. The van der Waals surface area contributed by atoms with Gasteiger partial charge in [0, 0.05) is 36.0 Å². The van der Waals surface area contributed by atoms with Crippen molar-refractivity contribution < 1.29 is 0 Å². The number of rotatable bonds is 12. The molecule has 0 bridgehead atoms. The van der Waals surface area contributed by atoms with E-state index in [1.54, 1.807) is 0 Å². The monoisotopic (exact) mass is 440 g/mol. The summed E-state index contributed by atoms with van der Waals surface area (Å²) >= 11 is 2.02. The Kier molecular flexibility index (Phi) is 10.3. The molecule has 0 amide bonds. The van der Waals surface area contributed by atoms with E-state index in [9.17, 15) is 0 Å². The maximum absolute atomic E-state index is 3.76. The molecule has 0 unspecified atom stereocenters. The van der Waals surface area contributed by atoms with Crippen molar-refractivity contribution in [3.05, 3.63) is 58.7 Å². The SMILES string of the molecule is CC(C)c1cccc(C(C)C)c1NCCSCCNc1c(C(C)C)cccc1C(C)C. The first-order valence-electron chi connectivity index (χ1n) is 12.0. The van der Waals surface area contributed by atoms with Gasteiger partial charge in [-0.3, -0.25) is 0 Å². The standard InChI is InChI=1S/C28H44N2S/c1-19(2)23-11-9-12-24(20(3)4)27(23)29-15-17-31-18-16-30-28-25(21(5)6)13-10-14-26(28)22(7)8/h9-14,19-22,29-30H,15-18H2,1-8H3. The van der Waals surface area contributed by atoms with Crippen molar-refractivity contribution in [1.29, 1.82) is 0 Å². The Hall–Kier alpha value is -1.61. The number of nitrogens with one attached hydrogen (secondary N) is 2. The van der Waals surface area contributed by atoms with Gasteiger partial charge in [0.05, 0.1) is 0 Å². The molecule has 2 aromatic rings. The van der Waals surface area contributed by atoms with Gasteiger partial charge in [0.15, 0.2) is 0 Å². The summed E-state index contributed by atoms with van der Waals surface area (Å²) < 4.78 is 0. The van der Waals surface area contributed by atoms with Gasteiger partial charge in [0.1, 0.15) is 0 Å². The molecule has 0 aliphatic heterocycles. The van der Waals surface area contributed by atoms with Gasteiger partial charge in [-0.2, -0.15) is 11.8 Å². The molecule has 31 heavy (non-hydrogen) atoms. The number of hydrogen-bond donors (Lipinski definition) is 2. The first-order chi connectivity index (χ1) is 14.7. The van der Waals surface area contributed by atoms with Crippen LogP contribution in [0.4, 0.5) is 11.4 Å². The Bertz CT molecular complexity index is 689. The first kappa shape index (κ1) is 25.6. The van der Waals surface area contributed by atoms with E-state index in [1.165, 1.54) is 33.6 Å². The van der Waals surface area contributed by atoms with Gasteiger partial charge in [-0.15, -0.1) is 0 Å². The van der Waals surface area contributed by atoms with E-state index in [0.29, 0.717) is 23.7 Å². The van der Waals surface area contributed by atoms with Gasteiger partial charge in [-0.1, -0.05) is 91.8 Å². The number of benzene rings is 2. The van der Waals surface area contributed by atoms with Gasteiger partial charge in [0.2, 0.25) is 0 Å². The Labute approximate surface area is 196 Å². The van der Waals surface area contributed by atoms with Crippen LogP contribution in [0, 0.1) is 0 Å². The third kappa shape index (κ3) is 7.20. The van der Waals surface area contributed by atoms with Crippen molar-refractivity contribution in [2.45, 2.75) is 79.1 Å². The van der Waals surface area contributed by atoms with E-state index in [2.05, 4.69) is 102 Å². The highest BCUT2D eigenvalue weighted by atomic mass is 32.2. The molecule has 2 nitrogen and oxygen atoms in total. The molecule has 0 spiro atoms. The topological polar surface area (TPSA) is 24.1 Å². The fraction of sp³-hybridized carbons (Fsp3) is 0.571. The zero-order valence-electron chi connectivity index (χ0n) is 21.0. The molecule has 0 atom stereocenters. The minimum atomic E-state index is 0.536. The van der Waals surface area contributed by atoms with Gasteiger partial charge in [-0.05, 0) is 45.9 Å². The lowest BCUT2D eigenvalue weighted by molar-refractivity contribution is 0.834. The van der Waals surface area contributed by atoms with Crippen LogP contribution >= 0.6 is 11.8 Å². The molecule has 0 saturated carbocycles. The number of para-hydroxylation sites is 2. The largest absolute Gasteiger partial charge is 0.384 e. The smallest absolute Gasteiger partial charge is 0.0410 e. The predicted molar refractivity (Wildman–Crippen MR) is 144 cm³/mol. The summed E-state index contributed by atoms with van der Waals surface area (Å²) in [5, 5.41) is 7.52. The van der Waals surface area contributed by atoms with E-state index in [0.717, 1.165) is 24.6 Å². The molecular weight excluding hydrogens is 396 g/mol. The summed E-state index contributed by atoms with van der Waals surface area (Å²) in [7, 11) is 0. The van der Waals surface area contributed by atoms with Crippen LogP contribution in [0.3, 0.4) is 0 Å². The molecule has 0 aliphatic carbocycles. The molecule has 172 valence electrons. The molecule has 2 rings (SSSR count).